The van der Waals surface area contributed by atoms with E-state index in [2.05, 4.69) is 4.90 Å². The molecule has 0 amide bonds. The van der Waals surface area contributed by atoms with Gasteiger partial charge < -0.3 is 9.69 Å². The minimum absolute atomic E-state index is 0.322. The maximum Gasteiger partial charge on any atom is 0.124 e. The van der Waals surface area contributed by atoms with Crippen LogP contribution in [0.1, 0.15) is 44.9 Å². The summed E-state index contributed by atoms with van der Waals surface area (Å²) in [4.78, 5) is 13.3. The first-order chi connectivity index (χ1) is 7.38. The molecule has 0 aromatic heterocycles. The van der Waals surface area contributed by atoms with Crippen molar-refractivity contribution in [1.29, 1.82) is 0 Å². The average molecular weight is 209 g/mol. The van der Waals surface area contributed by atoms with Crippen LogP contribution in [0.5, 0.6) is 0 Å². The zero-order valence-electron chi connectivity index (χ0n) is 9.66. The molecule has 2 heteroatoms. The molecule has 2 aliphatic rings. The minimum atomic E-state index is 0.322. The third-order valence-corrected chi connectivity index (χ3v) is 3.98. The van der Waals surface area contributed by atoms with Crippen molar-refractivity contribution in [2.24, 2.45) is 11.8 Å². The van der Waals surface area contributed by atoms with Crippen molar-refractivity contribution in [2.75, 3.05) is 19.6 Å². The molecule has 0 N–H and O–H groups in total. The summed E-state index contributed by atoms with van der Waals surface area (Å²) in [6, 6.07) is 0. The van der Waals surface area contributed by atoms with E-state index in [1.165, 1.54) is 51.6 Å². The standard InChI is InChI=1S/C13H23NO/c15-11-13-7-4-8-14(10-13)9-12-5-2-1-3-6-12/h11-13H,1-10H2. The van der Waals surface area contributed by atoms with Crippen molar-refractivity contribution in [1.82, 2.24) is 4.90 Å². The van der Waals surface area contributed by atoms with Crippen LogP contribution in [0.4, 0.5) is 0 Å². The molecule has 2 nitrogen and oxygen atoms in total. The van der Waals surface area contributed by atoms with E-state index in [0.29, 0.717) is 5.92 Å². The summed E-state index contributed by atoms with van der Waals surface area (Å²) in [6.07, 6.45) is 10.6. The lowest BCUT2D eigenvalue weighted by atomic mass is 9.88. The monoisotopic (exact) mass is 209 g/mol. The number of hydrogen-bond donors (Lipinski definition) is 0. The summed E-state index contributed by atoms with van der Waals surface area (Å²) in [5, 5.41) is 0. The molecule has 1 aliphatic heterocycles. The van der Waals surface area contributed by atoms with E-state index in [0.717, 1.165) is 25.2 Å². The maximum absolute atomic E-state index is 10.8. The first-order valence-corrected chi connectivity index (χ1v) is 6.56. The van der Waals surface area contributed by atoms with Crippen LogP contribution in [0, 0.1) is 11.8 Å². The molecule has 1 unspecified atom stereocenters. The maximum atomic E-state index is 10.8. The molecule has 0 bridgehead atoms. The Morgan fingerprint density at radius 2 is 1.87 bits per heavy atom. The first-order valence-electron chi connectivity index (χ1n) is 6.56. The van der Waals surface area contributed by atoms with Crippen molar-refractivity contribution >= 4 is 6.29 Å². The predicted octanol–water partition coefficient (Wildman–Crippen LogP) is 2.48. The van der Waals surface area contributed by atoms with E-state index in [1.807, 2.05) is 0 Å². The van der Waals surface area contributed by atoms with Gasteiger partial charge in [-0.15, -0.1) is 0 Å². The third-order valence-electron chi connectivity index (χ3n) is 3.98. The quantitative estimate of drug-likeness (QED) is 0.666. The van der Waals surface area contributed by atoms with Crippen LogP contribution in [0.3, 0.4) is 0 Å². The number of likely N-dealkylation sites (tertiary alicyclic amines) is 1. The van der Waals surface area contributed by atoms with Gasteiger partial charge in [0, 0.05) is 19.0 Å². The van der Waals surface area contributed by atoms with Crippen molar-refractivity contribution < 1.29 is 4.79 Å². The highest BCUT2D eigenvalue weighted by Crippen LogP contribution is 2.26. The number of aldehydes is 1. The van der Waals surface area contributed by atoms with Gasteiger partial charge in [-0.05, 0) is 38.1 Å². The van der Waals surface area contributed by atoms with E-state index in [-0.39, 0.29) is 0 Å². The summed E-state index contributed by atoms with van der Waals surface area (Å²) in [7, 11) is 0. The zero-order valence-corrected chi connectivity index (χ0v) is 9.66. The van der Waals surface area contributed by atoms with Crippen LogP contribution in [0.2, 0.25) is 0 Å². The Kier molecular flexibility index (Phi) is 4.18. The molecule has 0 spiro atoms. The number of piperidine rings is 1. The molecule has 2 rings (SSSR count). The van der Waals surface area contributed by atoms with Crippen LogP contribution in [-0.4, -0.2) is 30.8 Å². The number of carbonyl (C=O) groups is 1. The van der Waals surface area contributed by atoms with Gasteiger partial charge in [-0.25, -0.2) is 0 Å². The van der Waals surface area contributed by atoms with Gasteiger partial charge in [-0.3, -0.25) is 0 Å². The zero-order chi connectivity index (χ0) is 10.5. The molecule has 0 radical (unpaired) electrons. The number of hydrogen-bond acceptors (Lipinski definition) is 2. The van der Waals surface area contributed by atoms with Crippen molar-refractivity contribution in [3.63, 3.8) is 0 Å². The molecular weight excluding hydrogens is 186 g/mol. The van der Waals surface area contributed by atoms with Gasteiger partial charge in [0.15, 0.2) is 0 Å². The van der Waals surface area contributed by atoms with Crippen LogP contribution in [0.25, 0.3) is 0 Å². The second-order valence-electron chi connectivity index (χ2n) is 5.30. The second kappa shape index (κ2) is 5.64. The van der Waals surface area contributed by atoms with Crippen LogP contribution in [0.15, 0.2) is 0 Å². The van der Waals surface area contributed by atoms with E-state index >= 15 is 0 Å². The van der Waals surface area contributed by atoms with Crippen LogP contribution in [-0.2, 0) is 4.79 Å². The SMILES string of the molecule is O=CC1CCCN(CC2CCCCC2)C1. The fourth-order valence-electron chi connectivity index (χ4n) is 3.10. The van der Waals surface area contributed by atoms with Crippen molar-refractivity contribution in [3.8, 4) is 0 Å². The third kappa shape index (κ3) is 3.30. The van der Waals surface area contributed by atoms with Gasteiger partial charge in [-0.2, -0.15) is 0 Å². The molecule has 1 saturated heterocycles. The molecule has 2 fully saturated rings. The van der Waals surface area contributed by atoms with Crippen LogP contribution >= 0.6 is 0 Å². The molecular formula is C13H23NO. The highest BCUT2D eigenvalue weighted by Gasteiger charge is 2.22. The van der Waals surface area contributed by atoms with Gasteiger partial charge in [0.05, 0.1) is 0 Å². The molecule has 1 heterocycles. The van der Waals surface area contributed by atoms with Crippen molar-refractivity contribution in [3.05, 3.63) is 0 Å². The van der Waals surface area contributed by atoms with Crippen LogP contribution < -0.4 is 0 Å². The average Bonchev–Trinajstić information content (AvgIpc) is 2.31. The van der Waals surface area contributed by atoms with Gasteiger partial charge in [0.25, 0.3) is 0 Å². The molecule has 1 saturated carbocycles. The molecule has 1 aliphatic carbocycles. The van der Waals surface area contributed by atoms with Gasteiger partial charge in [-0.1, -0.05) is 19.3 Å². The van der Waals surface area contributed by atoms with E-state index < -0.39 is 0 Å². The summed E-state index contributed by atoms with van der Waals surface area (Å²) >= 11 is 0. The number of rotatable bonds is 3. The number of carbonyl (C=O) groups excluding carboxylic acids is 1. The summed E-state index contributed by atoms with van der Waals surface area (Å²) in [6.45, 7) is 3.51. The van der Waals surface area contributed by atoms with Gasteiger partial charge >= 0.3 is 0 Å². The number of nitrogens with zero attached hydrogens (tertiary/aromatic N) is 1. The Balaban J connectivity index is 1.75. The Morgan fingerprint density at radius 3 is 2.60 bits per heavy atom. The topological polar surface area (TPSA) is 20.3 Å². The van der Waals surface area contributed by atoms with E-state index in [1.54, 1.807) is 0 Å². The van der Waals surface area contributed by atoms with E-state index in [4.69, 9.17) is 0 Å². The molecule has 0 aromatic rings. The fourth-order valence-corrected chi connectivity index (χ4v) is 3.10. The van der Waals surface area contributed by atoms with E-state index in [9.17, 15) is 4.79 Å². The first kappa shape index (κ1) is 11.1. The summed E-state index contributed by atoms with van der Waals surface area (Å²) < 4.78 is 0. The Bertz CT molecular complexity index is 199. The van der Waals surface area contributed by atoms with Crippen molar-refractivity contribution in [2.45, 2.75) is 44.9 Å². The largest absolute Gasteiger partial charge is 0.303 e. The normalized spacial score (nSPS) is 30.3. The molecule has 15 heavy (non-hydrogen) atoms. The molecule has 1 atom stereocenters. The fraction of sp³-hybridized carbons (Fsp3) is 0.923. The predicted molar refractivity (Wildman–Crippen MR) is 61.8 cm³/mol. The lowest BCUT2D eigenvalue weighted by Crippen LogP contribution is -2.39. The minimum Gasteiger partial charge on any atom is -0.303 e. The van der Waals surface area contributed by atoms with Gasteiger partial charge in [0.1, 0.15) is 6.29 Å². The Morgan fingerprint density at radius 1 is 1.07 bits per heavy atom. The second-order valence-corrected chi connectivity index (χ2v) is 5.30. The summed E-state index contributed by atoms with van der Waals surface area (Å²) in [5.41, 5.74) is 0. The lowest BCUT2D eigenvalue weighted by Gasteiger charge is -2.34. The molecule has 0 aromatic carbocycles. The Hall–Kier alpha value is -0.370. The summed E-state index contributed by atoms with van der Waals surface area (Å²) in [5.74, 6) is 1.24. The van der Waals surface area contributed by atoms with Gasteiger partial charge in [0.2, 0.25) is 0 Å². The highest BCUT2D eigenvalue weighted by atomic mass is 16.1. The lowest BCUT2D eigenvalue weighted by molar-refractivity contribution is -0.112. The smallest absolute Gasteiger partial charge is 0.124 e. The Labute approximate surface area is 93.0 Å². The highest BCUT2D eigenvalue weighted by molar-refractivity contribution is 5.53. The molecule has 86 valence electrons.